The summed E-state index contributed by atoms with van der Waals surface area (Å²) >= 11 is 0. The second kappa shape index (κ2) is 8.59. The first kappa shape index (κ1) is 20.1. The zero-order valence-corrected chi connectivity index (χ0v) is 16.5. The van der Waals surface area contributed by atoms with Crippen molar-refractivity contribution in [1.82, 2.24) is 15.1 Å². The molecule has 0 aliphatic rings. The predicted molar refractivity (Wildman–Crippen MR) is 105 cm³/mol. The van der Waals surface area contributed by atoms with Gasteiger partial charge in [-0.1, -0.05) is 12.1 Å². The molecule has 2 aromatic heterocycles. The van der Waals surface area contributed by atoms with Gasteiger partial charge >= 0.3 is 5.82 Å². The lowest BCUT2D eigenvalue weighted by molar-refractivity contribution is -0.389. The number of carbonyl (C=O) groups is 1. The van der Waals surface area contributed by atoms with E-state index in [4.69, 9.17) is 9.15 Å². The van der Waals surface area contributed by atoms with Gasteiger partial charge in [-0.15, -0.1) is 0 Å². The van der Waals surface area contributed by atoms with Crippen molar-refractivity contribution in [2.75, 3.05) is 6.54 Å². The number of carbonyl (C=O) groups excluding carboxylic acids is 1. The first-order chi connectivity index (χ1) is 13.8. The van der Waals surface area contributed by atoms with E-state index in [1.54, 1.807) is 19.1 Å². The number of benzene rings is 1. The van der Waals surface area contributed by atoms with Crippen LogP contribution >= 0.6 is 0 Å². The van der Waals surface area contributed by atoms with Crippen LogP contribution in [0.2, 0.25) is 0 Å². The molecule has 0 atom stereocenters. The van der Waals surface area contributed by atoms with Crippen LogP contribution in [0.3, 0.4) is 0 Å². The van der Waals surface area contributed by atoms with Gasteiger partial charge in [-0.3, -0.25) is 4.79 Å². The molecule has 0 aliphatic carbocycles. The summed E-state index contributed by atoms with van der Waals surface area (Å²) in [4.78, 5) is 22.4. The molecule has 9 nitrogen and oxygen atoms in total. The molecular formula is C20H22N4O5. The Morgan fingerprint density at radius 2 is 2.03 bits per heavy atom. The average molecular weight is 398 g/mol. The smallest absolute Gasteiger partial charge is 0.390 e. The first-order valence-corrected chi connectivity index (χ1v) is 9.09. The van der Waals surface area contributed by atoms with Crippen molar-refractivity contribution >= 4 is 11.7 Å². The summed E-state index contributed by atoms with van der Waals surface area (Å²) in [5.41, 5.74) is 2.77. The maximum atomic E-state index is 12.2. The molecule has 0 aliphatic heterocycles. The van der Waals surface area contributed by atoms with E-state index in [-0.39, 0.29) is 30.6 Å². The number of aryl methyl sites for hydroxylation is 3. The minimum absolute atomic E-state index is 0.174. The van der Waals surface area contributed by atoms with E-state index in [0.29, 0.717) is 18.0 Å². The fraction of sp³-hybridized carbons (Fsp3) is 0.300. The molecule has 1 aromatic carbocycles. The molecule has 1 amide bonds. The molecule has 0 fully saturated rings. The highest BCUT2D eigenvalue weighted by Gasteiger charge is 2.16. The number of hydrogen-bond donors (Lipinski definition) is 1. The third kappa shape index (κ3) is 5.01. The van der Waals surface area contributed by atoms with Gasteiger partial charge in [-0.05, 0) is 55.0 Å². The van der Waals surface area contributed by atoms with Gasteiger partial charge in [0.2, 0.25) is 0 Å². The first-order valence-electron chi connectivity index (χ1n) is 9.09. The standard InChI is InChI=1S/C20H22N4O5/c1-13-4-5-14(2)18(10-13)28-12-16-6-7-17(29-16)20(25)21-8-9-23-15(3)11-19(22-23)24(26)27/h4-7,10-11H,8-9,12H2,1-3H3,(H,21,25). The van der Waals surface area contributed by atoms with Gasteiger partial charge in [0.05, 0.1) is 23.4 Å². The molecule has 0 saturated carbocycles. The number of hydrogen-bond acceptors (Lipinski definition) is 6. The van der Waals surface area contributed by atoms with Crippen LogP contribution in [0.25, 0.3) is 0 Å². The number of ether oxygens (including phenoxy) is 1. The normalized spacial score (nSPS) is 10.7. The number of rotatable bonds is 8. The maximum Gasteiger partial charge on any atom is 0.390 e. The van der Waals surface area contributed by atoms with E-state index in [1.807, 2.05) is 32.0 Å². The van der Waals surface area contributed by atoms with Gasteiger partial charge in [0, 0.05) is 6.54 Å². The van der Waals surface area contributed by atoms with Crippen LogP contribution in [-0.4, -0.2) is 27.2 Å². The number of nitrogens with one attached hydrogen (secondary N) is 1. The average Bonchev–Trinajstić information content (AvgIpc) is 3.29. The highest BCUT2D eigenvalue weighted by atomic mass is 16.6. The minimum Gasteiger partial charge on any atom is -0.485 e. The van der Waals surface area contributed by atoms with E-state index < -0.39 is 4.92 Å². The summed E-state index contributed by atoms with van der Waals surface area (Å²) in [6.07, 6.45) is 0. The highest BCUT2D eigenvalue weighted by Crippen LogP contribution is 2.21. The van der Waals surface area contributed by atoms with Crippen molar-refractivity contribution in [3.05, 3.63) is 74.9 Å². The van der Waals surface area contributed by atoms with E-state index in [9.17, 15) is 14.9 Å². The largest absolute Gasteiger partial charge is 0.485 e. The number of amides is 1. The Bertz CT molecular complexity index is 1040. The lowest BCUT2D eigenvalue weighted by Gasteiger charge is -2.08. The van der Waals surface area contributed by atoms with Gasteiger partial charge in [0.15, 0.2) is 5.76 Å². The van der Waals surface area contributed by atoms with Crippen molar-refractivity contribution in [1.29, 1.82) is 0 Å². The Hall–Kier alpha value is -3.62. The van der Waals surface area contributed by atoms with Gasteiger partial charge in [0.1, 0.15) is 18.1 Å². The van der Waals surface area contributed by atoms with Crippen molar-refractivity contribution in [3.8, 4) is 5.75 Å². The van der Waals surface area contributed by atoms with Crippen molar-refractivity contribution < 1.29 is 18.9 Å². The molecule has 9 heteroatoms. The van der Waals surface area contributed by atoms with Crippen LogP contribution in [0.15, 0.2) is 40.8 Å². The Kier molecular flexibility index (Phi) is 5.96. The fourth-order valence-corrected chi connectivity index (χ4v) is 2.76. The second-order valence-corrected chi connectivity index (χ2v) is 6.70. The summed E-state index contributed by atoms with van der Waals surface area (Å²) in [7, 11) is 0. The van der Waals surface area contributed by atoms with E-state index in [1.165, 1.54) is 10.7 Å². The summed E-state index contributed by atoms with van der Waals surface area (Å²) in [6, 6.07) is 10.6. The zero-order valence-electron chi connectivity index (χ0n) is 16.5. The lowest BCUT2D eigenvalue weighted by atomic mass is 10.1. The van der Waals surface area contributed by atoms with Crippen molar-refractivity contribution in [3.63, 3.8) is 0 Å². The third-order valence-electron chi connectivity index (χ3n) is 4.36. The Morgan fingerprint density at radius 3 is 2.76 bits per heavy atom. The number of nitro groups is 1. The zero-order chi connectivity index (χ0) is 21.0. The molecule has 0 bridgehead atoms. The van der Waals surface area contributed by atoms with Crippen LogP contribution in [0.4, 0.5) is 5.82 Å². The summed E-state index contributed by atoms with van der Waals surface area (Å²) in [5.74, 6) is 0.897. The van der Waals surface area contributed by atoms with E-state index in [0.717, 1.165) is 16.9 Å². The van der Waals surface area contributed by atoms with Crippen LogP contribution in [0.1, 0.15) is 33.1 Å². The maximum absolute atomic E-state index is 12.2. The van der Waals surface area contributed by atoms with E-state index >= 15 is 0 Å². The van der Waals surface area contributed by atoms with Crippen LogP contribution in [0.5, 0.6) is 5.75 Å². The van der Waals surface area contributed by atoms with Crippen LogP contribution < -0.4 is 10.1 Å². The van der Waals surface area contributed by atoms with Crippen molar-refractivity contribution in [2.24, 2.45) is 0 Å². The van der Waals surface area contributed by atoms with Gasteiger partial charge in [-0.2, -0.15) is 4.68 Å². The molecular weight excluding hydrogens is 376 g/mol. The Morgan fingerprint density at radius 1 is 1.24 bits per heavy atom. The molecule has 0 saturated heterocycles. The minimum atomic E-state index is -0.549. The molecule has 1 N–H and O–H groups in total. The fourth-order valence-electron chi connectivity index (χ4n) is 2.76. The molecule has 2 heterocycles. The molecule has 0 spiro atoms. The Labute approximate surface area is 167 Å². The summed E-state index contributed by atoms with van der Waals surface area (Å²) < 4.78 is 12.8. The SMILES string of the molecule is Cc1ccc(C)c(OCc2ccc(C(=O)NCCn3nc([N+](=O)[O-])cc3C)o2)c1. The molecule has 29 heavy (non-hydrogen) atoms. The predicted octanol–water partition coefficient (Wildman–Crippen LogP) is 3.32. The molecule has 0 unspecified atom stereocenters. The number of aromatic nitrogens is 2. The molecule has 3 aromatic rings. The van der Waals surface area contributed by atoms with Crippen LogP contribution in [-0.2, 0) is 13.2 Å². The topological polar surface area (TPSA) is 112 Å². The third-order valence-corrected chi connectivity index (χ3v) is 4.36. The number of furan rings is 1. The Balaban J connectivity index is 1.51. The summed E-state index contributed by atoms with van der Waals surface area (Å²) in [6.45, 7) is 6.46. The molecule has 3 rings (SSSR count). The van der Waals surface area contributed by atoms with Gasteiger partial charge < -0.3 is 24.6 Å². The lowest BCUT2D eigenvalue weighted by Crippen LogP contribution is -2.27. The molecule has 0 radical (unpaired) electrons. The van der Waals surface area contributed by atoms with Crippen molar-refractivity contribution in [2.45, 2.75) is 33.9 Å². The second-order valence-electron chi connectivity index (χ2n) is 6.70. The van der Waals surface area contributed by atoms with Crippen LogP contribution in [0, 0.1) is 30.9 Å². The molecule has 152 valence electrons. The summed E-state index contributed by atoms with van der Waals surface area (Å²) in [5, 5.41) is 17.3. The van der Waals surface area contributed by atoms with E-state index in [2.05, 4.69) is 10.4 Å². The van der Waals surface area contributed by atoms with Gasteiger partial charge in [0.25, 0.3) is 5.91 Å². The highest BCUT2D eigenvalue weighted by molar-refractivity contribution is 5.91. The number of nitrogens with zero attached hydrogens (tertiary/aromatic N) is 3. The quantitative estimate of drug-likeness (QED) is 0.460. The monoisotopic (exact) mass is 398 g/mol. The van der Waals surface area contributed by atoms with Gasteiger partial charge in [-0.25, -0.2) is 0 Å².